The van der Waals surface area contributed by atoms with E-state index in [4.69, 9.17) is 43.4 Å². The third kappa shape index (κ3) is 4.80. The summed E-state index contributed by atoms with van der Waals surface area (Å²) in [5, 5.41) is 9.54. The van der Waals surface area contributed by atoms with Crippen LogP contribution in [0.5, 0.6) is 0 Å². The SMILES string of the molecule is c1coc(C2=C(c3cc4ccccc4o3)C(c3nccs3)C(c3ccon3)(c3ccc4ccccc4n3)C(c3cnc4ccccc4n3)=C2c2ncc[nH]2)c1. The number of thiazole rings is 1. The molecule has 262 valence electrons. The van der Waals surface area contributed by atoms with Crippen LogP contribution in [-0.2, 0) is 5.41 Å². The monoisotopic (exact) mass is 733 g/mol. The highest BCUT2D eigenvalue weighted by atomic mass is 32.1. The first-order valence-corrected chi connectivity index (χ1v) is 18.6. The third-order valence-electron chi connectivity index (χ3n) is 10.3. The van der Waals surface area contributed by atoms with Crippen LogP contribution < -0.4 is 0 Å². The van der Waals surface area contributed by atoms with Gasteiger partial charge in [-0.15, -0.1) is 11.3 Å². The quantitative estimate of drug-likeness (QED) is 0.170. The van der Waals surface area contributed by atoms with E-state index >= 15 is 0 Å². The number of hydrogen-bond donors (Lipinski definition) is 1. The molecule has 10 aromatic rings. The first kappa shape index (κ1) is 31.3. The van der Waals surface area contributed by atoms with E-state index in [9.17, 15) is 0 Å². The predicted molar refractivity (Wildman–Crippen MR) is 211 cm³/mol. The molecule has 2 unspecified atom stereocenters. The number of fused-ring (bicyclic) bond motifs is 3. The van der Waals surface area contributed by atoms with Crippen molar-refractivity contribution in [1.82, 2.24) is 35.1 Å². The Labute approximate surface area is 316 Å². The second-order valence-electron chi connectivity index (χ2n) is 13.2. The van der Waals surface area contributed by atoms with Gasteiger partial charge in [-0.25, -0.2) is 15.0 Å². The summed E-state index contributed by atoms with van der Waals surface area (Å²) in [4.78, 5) is 29.3. The molecule has 1 aliphatic carbocycles. The van der Waals surface area contributed by atoms with E-state index < -0.39 is 11.3 Å². The smallest absolute Gasteiger partial charge is 0.138 e. The number of aromatic amines is 1. The molecule has 55 heavy (non-hydrogen) atoms. The Morgan fingerprint density at radius 2 is 1.53 bits per heavy atom. The van der Waals surface area contributed by atoms with Gasteiger partial charge in [0, 0.05) is 63.1 Å². The molecule has 0 spiro atoms. The molecule has 0 saturated heterocycles. The van der Waals surface area contributed by atoms with Crippen LogP contribution in [-0.4, -0.2) is 35.1 Å². The summed E-state index contributed by atoms with van der Waals surface area (Å²) < 4.78 is 19.1. The minimum absolute atomic E-state index is 0.580. The normalized spacial score (nSPS) is 17.6. The van der Waals surface area contributed by atoms with Crippen molar-refractivity contribution < 1.29 is 13.4 Å². The molecule has 11 heteroatoms. The molecule has 7 heterocycles. The van der Waals surface area contributed by atoms with Crippen molar-refractivity contribution in [3.63, 3.8) is 0 Å². The lowest BCUT2D eigenvalue weighted by Crippen LogP contribution is -2.42. The number of furan rings is 2. The van der Waals surface area contributed by atoms with Crippen molar-refractivity contribution >= 4 is 66.5 Å². The zero-order valence-corrected chi connectivity index (χ0v) is 29.6. The highest BCUT2D eigenvalue weighted by molar-refractivity contribution is 7.09. The summed E-state index contributed by atoms with van der Waals surface area (Å²) in [6, 6.07) is 35.9. The third-order valence-corrected chi connectivity index (χ3v) is 11.2. The zero-order chi connectivity index (χ0) is 36.3. The number of pyridine rings is 1. The molecule has 3 aromatic carbocycles. The van der Waals surface area contributed by atoms with Gasteiger partial charge in [0.05, 0.1) is 51.7 Å². The lowest BCUT2D eigenvalue weighted by Gasteiger charge is -2.45. The van der Waals surface area contributed by atoms with Crippen molar-refractivity contribution in [3.05, 3.63) is 191 Å². The molecule has 0 fully saturated rings. The van der Waals surface area contributed by atoms with E-state index in [0.717, 1.165) is 54.6 Å². The Bertz CT molecular complexity index is 3020. The van der Waals surface area contributed by atoms with E-state index in [0.29, 0.717) is 40.0 Å². The van der Waals surface area contributed by atoms with E-state index in [2.05, 4.69) is 29.2 Å². The number of para-hydroxylation sites is 4. The molecule has 0 radical (unpaired) electrons. The van der Waals surface area contributed by atoms with Crippen molar-refractivity contribution in [2.24, 2.45) is 0 Å². The summed E-state index contributed by atoms with van der Waals surface area (Å²) in [5.74, 6) is 1.19. The molecule has 7 aromatic heterocycles. The average Bonchev–Trinajstić information content (AvgIpc) is 4.09. The molecule has 1 N–H and O–H groups in total. The lowest BCUT2D eigenvalue weighted by atomic mass is 9.56. The van der Waals surface area contributed by atoms with Crippen LogP contribution in [0, 0.1) is 0 Å². The summed E-state index contributed by atoms with van der Waals surface area (Å²) in [5.41, 5.74) is 6.67. The fourth-order valence-corrected chi connectivity index (χ4v) is 8.95. The van der Waals surface area contributed by atoms with Crippen LogP contribution in [0.15, 0.2) is 165 Å². The number of rotatable bonds is 7. The first-order chi connectivity index (χ1) is 27.3. The van der Waals surface area contributed by atoms with E-state index in [1.54, 1.807) is 30.1 Å². The highest BCUT2D eigenvalue weighted by Gasteiger charge is 2.58. The van der Waals surface area contributed by atoms with E-state index in [1.165, 1.54) is 0 Å². The average molecular weight is 734 g/mol. The van der Waals surface area contributed by atoms with Crippen LogP contribution >= 0.6 is 11.3 Å². The molecule has 0 amide bonds. The summed E-state index contributed by atoms with van der Waals surface area (Å²) in [6.07, 6.45) is 10.5. The standard InChI is InChI=1S/C44H27N7O3S/c1-3-10-28-26(8-1)15-16-35(50-28)44(36-17-22-53-51-36)40(31-25-48-29-11-4-5-12-30(29)49-31)39(42-45-18-19-46-42)37(33-14-7-21-52-33)38(41(44)43-47-20-23-55-43)34-24-27-9-2-6-13-32(27)54-34/h1-25,41H,(H,45,46). The second-order valence-corrected chi connectivity index (χ2v) is 14.2. The van der Waals surface area contributed by atoms with Gasteiger partial charge in [-0.2, -0.15) is 0 Å². The zero-order valence-electron chi connectivity index (χ0n) is 28.8. The minimum atomic E-state index is -1.28. The Hall–Kier alpha value is -7.24. The summed E-state index contributed by atoms with van der Waals surface area (Å²) >= 11 is 1.54. The van der Waals surface area contributed by atoms with Gasteiger partial charge in [-0.05, 0) is 48.5 Å². The molecular formula is C44H27N7O3S. The van der Waals surface area contributed by atoms with Crippen molar-refractivity contribution in [3.8, 4) is 0 Å². The van der Waals surface area contributed by atoms with Crippen molar-refractivity contribution in [2.45, 2.75) is 11.3 Å². The fourth-order valence-electron chi connectivity index (χ4n) is 8.14. The van der Waals surface area contributed by atoms with Crippen molar-refractivity contribution in [2.75, 3.05) is 0 Å². The summed E-state index contributed by atoms with van der Waals surface area (Å²) in [6.45, 7) is 0. The maximum absolute atomic E-state index is 6.88. The van der Waals surface area contributed by atoms with Crippen LogP contribution in [0.4, 0.5) is 0 Å². The summed E-state index contributed by atoms with van der Waals surface area (Å²) in [7, 11) is 0. The number of benzene rings is 3. The molecular weight excluding hydrogens is 707 g/mol. The maximum atomic E-state index is 6.88. The number of hydrogen-bond acceptors (Lipinski definition) is 10. The van der Waals surface area contributed by atoms with Crippen LogP contribution in [0.1, 0.15) is 45.4 Å². The Balaban J connectivity index is 1.41. The van der Waals surface area contributed by atoms with Gasteiger partial charge in [-0.3, -0.25) is 9.97 Å². The van der Waals surface area contributed by atoms with Gasteiger partial charge < -0.3 is 18.3 Å². The lowest BCUT2D eigenvalue weighted by molar-refractivity contribution is 0.395. The number of allylic oxidation sites excluding steroid dienone is 4. The number of nitrogens with one attached hydrogen (secondary N) is 1. The van der Waals surface area contributed by atoms with Gasteiger partial charge >= 0.3 is 0 Å². The molecule has 0 bridgehead atoms. The van der Waals surface area contributed by atoms with Crippen LogP contribution in [0.2, 0.25) is 0 Å². The van der Waals surface area contributed by atoms with Gasteiger partial charge in [0.15, 0.2) is 0 Å². The molecule has 1 aliphatic rings. The Morgan fingerprint density at radius 3 is 2.31 bits per heavy atom. The number of imidazole rings is 1. The molecule has 11 rings (SSSR count). The number of aromatic nitrogens is 7. The molecule has 0 aliphatic heterocycles. The molecule has 10 nitrogen and oxygen atoms in total. The van der Waals surface area contributed by atoms with Gasteiger partial charge in [0.2, 0.25) is 0 Å². The van der Waals surface area contributed by atoms with Crippen LogP contribution in [0.25, 0.3) is 55.2 Å². The van der Waals surface area contributed by atoms with E-state index in [1.807, 2.05) is 109 Å². The highest BCUT2D eigenvalue weighted by Crippen LogP contribution is 2.65. The Morgan fingerprint density at radius 1 is 0.673 bits per heavy atom. The van der Waals surface area contributed by atoms with E-state index in [-0.39, 0.29) is 0 Å². The van der Waals surface area contributed by atoms with Gasteiger partial charge in [0.1, 0.15) is 39.9 Å². The van der Waals surface area contributed by atoms with Gasteiger partial charge in [0.25, 0.3) is 0 Å². The van der Waals surface area contributed by atoms with Crippen LogP contribution in [0.3, 0.4) is 0 Å². The largest absolute Gasteiger partial charge is 0.464 e. The minimum Gasteiger partial charge on any atom is -0.464 e. The number of nitrogens with zero attached hydrogens (tertiary/aromatic N) is 6. The maximum Gasteiger partial charge on any atom is 0.138 e. The first-order valence-electron chi connectivity index (χ1n) is 17.7. The van der Waals surface area contributed by atoms with Gasteiger partial charge in [-0.1, -0.05) is 59.8 Å². The van der Waals surface area contributed by atoms with Crippen molar-refractivity contribution in [1.29, 1.82) is 0 Å². The molecule has 0 saturated carbocycles. The number of H-pyrrole nitrogens is 1. The predicted octanol–water partition coefficient (Wildman–Crippen LogP) is 9.99. The fraction of sp³-hybridized carbons (Fsp3) is 0.0455. The topological polar surface area (TPSA) is 133 Å². The Kier molecular flexibility index (Phi) is 7.07. The molecule has 2 atom stereocenters. The second kappa shape index (κ2) is 12.4.